The van der Waals surface area contributed by atoms with E-state index in [2.05, 4.69) is 20.8 Å². The van der Waals surface area contributed by atoms with E-state index < -0.39 is 0 Å². The summed E-state index contributed by atoms with van der Waals surface area (Å²) in [5.41, 5.74) is 7.21. The lowest BCUT2D eigenvalue weighted by Crippen LogP contribution is -2.49. The molecular weight excluding hydrogens is 268 g/mol. The zero-order valence-corrected chi connectivity index (χ0v) is 12.3. The van der Waals surface area contributed by atoms with E-state index in [0.29, 0.717) is 12.1 Å². The smallest absolute Gasteiger partial charge is 0.251 e. The molecule has 2 aromatic rings. The third-order valence-corrected chi connectivity index (χ3v) is 3.75. The van der Waals surface area contributed by atoms with Gasteiger partial charge in [-0.15, -0.1) is 5.10 Å². The zero-order valence-electron chi connectivity index (χ0n) is 12.3. The molecule has 0 aliphatic heterocycles. The van der Waals surface area contributed by atoms with Crippen molar-refractivity contribution in [1.82, 2.24) is 25.5 Å². The van der Waals surface area contributed by atoms with Gasteiger partial charge in [0, 0.05) is 17.6 Å². The Kier molecular flexibility index (Phi) is 4.64. The molecule has 0 aliphatic rings. The number of benzene rings is 1. The highest BCUT2D eigenvalue weighted by Crippen LogP contribution is 2.11. The van der Waals surface area contributed by atoms with Gasteiger partial charge in [-0.3, -0.25) is 4.79 Å². The third-order valence-electron chi connectivity index (χ3n) is 3.75. The Labute approximate surface area is 123 Å². The van der Waals surface area contributed by atoms with Gasteiger partial charge in [-0.05, 0) is 47.5 Å². The van der Waals surface area contributed by atoms with Crippen LogP contribution >= 0.6 is 0 Å². The number of nitrogens with zero attached hydrogens (tertiary/aromatic N) is 4. The van der Waals surface area contributed by atoms with Crippen LogP contribution in [0.2, 0.25) is 0 Å². The highest BCUT2D eigenvalue weighted by molar-refractivity contribution is 5.94. The molecule has 0 unspecified atom stereocenters. The molecule has 0 atom stereocenters. The largest absolute Gasteiger partial charge is 0.350 e. The Morgan fingerprint density at radius 1 is 1.29 bits per heavy atom. The van der Waals surface area contributed by atoms with Crippen LogP contribution in [-0.2, 0) is 0 Å². The number of nitrogens with one attached hydrogen (secondary N) is 1. The molecule has 1 aromatic carbocycles. The first-order valence-corrected chi connectivity index (χ1v) is 6.98. The number of rotatable bonds is 6. The highest BCUT2D eigenvalue weighted by atomic mass is 16.1. The van der Waals surface area contributed by atoms with Crippen molar-refractivity contribution in [2.24, 2.45) is 5.73 Å². The number of tetrazole rings is 1. The highest BCUT2D eigenvalue weighted by Gasteiger charge is 2.21. The van der Waals surface area contributed by atoms with Crippen LogP contribution in [0, 0.1) is 0 Å². The van der Waals surface area contributed by atoms with Crippen LogP contribution in [-0.4, -0.2) is 38.2 Å². The first-order valence-electron chi connectivity index (χ1n) is 6.98. The molecule has 112 valence electrons. The fraction of sp³-hybridized carbons (Fsp3) is 0.429. The van der Waals surface area contributed by atoms with Gasteiger partial charge in [-0.2, -0.15) is 0 Å². The molecule has 0 saturated carbocycles. The van der Waals surface area contributed by atoms with Gasteiger partial charge < -0.3 is 11.1 Å². The van der Waals surface area contributed by atoms with Crippen LogP contribution in [0.15, 0.2) is 30.6 Å². The SMILES string of the molecule is CCC(N)(CC)CNC(=O)c1ccc(-n2cnnn2)cc1. The second-order valence-electron chi connectivity index (χ2n) is 5.05. The van der Waals surface area contributed by atoms with Gasteiger partial charge in [0.25, 0.3) is 5.91 Å². The van der Waals surface area contributed by atoms with Crippen molar-refractivity contribution in [2.45, 2.75) is 32.2 Å². The van der Waals surface area contributed by atoms with E-state index in [0.717, 1.165) is 18.5 Å². The lowest BCUT2D eigenvalue weighted by atomic mass is 9.94. The van der Waals surface area contributed by atoms with Crippen molar-refractivity contribution in [3.05, 3.63) is 36.2 Å². The second kappa shape index (κ2) is 6.45. The number of amides is 1. The third kappa shape index (κ3) is 3.63. The van der Waals surface area contributed by atoms with Crippen LogP contribution in [0.3, 0.4) is 0 Å². The molecule has 0 saturated heterocycles. The van der Waals surface area contributed by atoms with Crippen LogP contribution in [0.25, 0.3) is 5.69 Å². The summed E-state index contributed by atoms with van der Waals surface area (Å²) in [5, 5.41) is 13.8. The van der Waals surface area contributed by atoms with Crippen molar-refractivity contribution in [3.63, 3.8) is 0 Å². The minimum atomic E-state index is -0.345. The minimum absolute atomic E-state index is 0.130. The summed E-state index contributed by atoms with van der Waals surface area (Å²) in [4.78, 5) is 12.1. The minimum Gasteiger partial charge on any atom is -0.350 e. The molecule has 7 nitrogen and oxygen atoms in total. The predicted molar refractivity (Wildman–Crippen MR) is 79.0 cm³/mol. The number of aromatic nitrogens is 4. The van der Waals surface area contributed by atoms with Crippen LogP contribution in [0.5, 0.6) is 0 Å². The van der Waals surface area contributed by atoms with Crippen molar-refractivity contribution in [3.8, 4) is 5.69 Å². The molecule has 7 heteroatoms. The van der Waals surface area contributed by atoms with Gasteiger partial charge in [-0.1, -0.05) is 13.8 Å². The quantitative estimate of drug-likeness (QED) is 0.823. The first kappa shape index (κ1) is 15.1. The Morgan fingerprint density at radius 2 is 1.95 bits per heavy atom. The summed E-state index contributed by atoms with van der Waals surface area (Å²) >= 11 is 0. The summed E-state index contributed by atoms with van der Waals surface area (Å²) in [7, 11) is 0. The summed E-state index contributed by atoms with van der Waals surface area (Å²) in [6.45, 7) is 4.51. The molecule has 1 heterocycles. The van der Waals surface area contributed by atoms with E-state index in [4.69, 9.17) is 5.73 Å². The van der Waals surface area contributed by atoms with Crippen molar-refractivity contribution in [1.29, 1.82) is 0 Å². The fourth-order valence-electron chi connectivity index (χ4n) is 1.90. The molecule has 1 amide bonds. The maximum atomic E-state index is 12.1. The predicted octanol–water partition coefficient (Wildman–Crippen LogP) is 0.910. The lowest BCUT2D eigenvalue weighted by Gasteiger charge is -2.26. The standard InChI is InChI=1S/C14H20N6O/c1-3-14(15,4-2)9-16-13(21)11-5-7-12(8-6-11)20-10-17-18-19-20/h5-8,10H,3-4,9,15H2,1-2H3,(H,16,21). The molecule has 21 heavy (non-hydrogen) atoms. The van der Waals surface area contributed by atoms with Gasteiger partial charge in [0.05, 0.1) is 5.69 Å². The molecule has 1 aromatic heterocycles. The van der Waals surface area contributed by atoms with Crippen LogP contribution in [0.4, 0.5) is 0 Å². The molecule has 3 N–H and O–H groups in total. The number of carbonyl (C=O) groups is 1. The molecule has 0 radical (unpaired) electrons. The summed E-state index contributed by atoms with van der Waals surface area (Å²) in [6, 6.07) is 7.06. The van der Waals surface area contributed by atoms with Crippen LogP contribution in [0.1, 0.15) is 37.0 Å². The van der Waals surface area contributed by atoms with E-state index in [-0.39, 0.29) is 11.4 Å². The van der Waals surface area contributed by atoms with Crippen molar-refractivity contribution >= 4 is 5.91 Å². The number of nitrogens with two attached hydrogens (primary N) is 1. The Balaban J connectivity index is 2.00. The van der Waals surface area contributed by atoms with E-state index in [9.17, 15) is 4.79 Å². The maximum absolute atomic E-state index is 12.1. The van der Waals surface area contributed by atoms with E-state index in [1.807, 2.05) is 13.8 Å². The van der Waals surface area contributed by atoms with Crippen LogP contribution < -0.4 is 11.1 Å². The summed E-state index contributed by atoms with van der Waals surface area (Å²) in [5.74, 6) is -0.130. The lowest BCUT2D eigenvalue weighted by molar-refractivity contribution is 0.0942. The van der Waals surface area contributed by atoms with Gasteiger partial charge in [0.2, 0.25) is 0 Å². The van der Waals surface area contributed by atoms with Crippen molar-refractivity contribution < 1.29 is 4.79 Å². The monoisotopic (exact) mass is 288 g/mol. The molecule has 0 fully saturated rings. The van der Waals surface area contributed by atoms with Gasteiger partial charge in [0.15, 0.2) is 0 Å². The number of carbonyl (C=O) groups excluding carboxylic acids is 1. The molecule has 2 rings (SSSR count). The van der Waals surface area contributed by atoms with E-state index in [1.54, 1.807) is 24.3 Å². The Hall–Kier alpha value is -2.28. The molecular formula is C14H20N6O. The molecule has 0 spiro atoms. The fourth-order valence-corrected chi connectivity index (χ4v) is 1.90. The van der Waals surface area contributed by atoms with E-state index in [1.165, 1.54) is 11.0 Å². The van der Waals surface area contributed by atoms with E-state index >= 15 is 0 Å². The Morgan fingerprint density at radius 3 is 2.48 bits per heavy atom. The molecule has 0 aliphatic carbocycles. The molecule has 0 bridgehead atoms. The second-order valence-corrected chi connectivity index (χ2v) is 5.05. The first-order chi connectivity index (χ1) is 10.1. The topological polar surface area (TPSA) is 98.7 Å². The average Bonchev–Trinajstić information content (AvgIpc) is 3.07. The normalized spacial score (nSPS) is 11.4. The summed E-state index contributed by atoms with van der Waals surface area (Å²) in [6.07, 6.45) is 3.14. The summed E-state index contributed by atoms with van der Waals surface area (Å²) < 4.78 is 1.53. The maximum Gasteiger partial charge on any atom is 0.251 e. The average molecular weight is 288 g/mol. The van der Waals surface area contributed by atoms with Gasteiger partial charge >= 0.3 is 0 Å². The zero-order chi connectivity index (χ0) is 15.3. The number of hydrogen-bond donors (Lipinski definition) is 2. The van der Waals surface area contributed by atoms with Crippen molar-refractivity contribution in [2.75, 3.05) is 6.54 Å². The number of hydrogen-bond acceptors (Lipinski definition) is 5. The van der Waals surface area contributed by atoms with Gasteiger partial charge in [-0.25, -0.2) is 4.68 Å². The van der Waals surface area contributed by atoms with Gasteiger partial charge in [0.1, 0.15) is 6.33 Å². The Bertz CT molecular complexity index is 574.